The molecule has 0 aromatic rings. The Morgan fingerprint density at radius 2 is 1.24 bits per heavy atom. The number of alkyl halides is 2. The number of halogens is 2. The molecular formula is C30H58I2N2. The summed E-state index contributed by atoms with van der Waals surface area (Å²) in [6, 6.07) is 0. The van der Waals surface area contributed by atoms with Crippen LogP contribution in [0.1, 0.15) is 106 Å². The van der Waals surface area contributed by atoms with Crippen molar-refractivity contribution in [3.63, 3.8) is 0 Å². The Balaban J connectivity index is 4.80. The topological polar surface area (TPSA) is 6.48 Å². The lowest BCUT2D eigenvalue weighted by Gasteiger charge is -2.26. The van der Waals surface area contributed by atoms with Crippen LogP contribution in [-0.2, 0) is 0 Å². The summed E-state index contributed by atoms with van der Waals surface area (Å²) in [6.07, 6.45) is 18.0. The van der Waals surface area contributed by atoms with Crippen molar-refractivity contribution in [1.29, 1.82) is 0 Å². The smallest absolute Gasteiger partial charge is 0.0289 e. The molecule has 0 N–H and O–H groups in total. The van der Waals surface area contributed by atoms with Crippen LogP contribution in [0.15, 0.2) is 23.3 Å². The van der Waals surface area contributed by atoms with Gasteiger partial charge in [-0.05, 0) is 130 Å². The van der Waals surface area contributed by atoms with Crippen molar-refractivity contribution >= 4 is 45.2 Å². The van der Waals surface area contributed by atoms with Gasteiger partial charge < -0.3 is 9.80 Å². The molecule has 4 unspecified atom stereocenters. The lowest BCUT2D eigenvalue weighted by Crippen LogP contribution is -2.30. The lowest BCUT2D eigenvalue weighted by molar-refractivity contribution is 0.238. The lowest BCUT2D eigenvalue weighted by atomic mass is 9.91. The van der Waals surface area contributed by atoms with E-state index in [9.17, 15) is 0 Å². The van der Waals surface area contributed by atoms with E-state index in [2.05, 4.69) is 123 Å². The molecule has 2 nitrogen and oxygen atoms in total. The second-order valence-electron chi connectivity index (χ2n) is 10.5. The SMILES string of the molecule is CCC(I)/C=C(\C)C(CC)CCCN(CCCC(CC)/C(C)=C/CC(I)CC)CCCN(C)C. The third kappa shape index (κ3) is 17.3. The first-order valence-electron chi connectivity index (χ1n) is 14.2. The van der Waals surface area contributed by atoms with Crippen molar-refractivity contribution in [2.75, 3.05) is 40.3 Å². The van der Waals surface area contributed by atoms with Gasteiger partial charge in [0.05, 0.1) is 0 Å². The summed E-state index contributed by atoms with van der Waals surface area (Å²) < 4.78 is 1.47. The Morgan fingerprint density at radius 3 is 1.71 bits per heavy atom. The molecule has 4 heteroatoms. The molecule has 34 heavy (non-hydrogen) atoms. The molecule has 0 bridgehead atoms. The van der Waals surface area contributed by atoms with E-state index in [1.54, 1.807) is 11.1 Å². The van der Waals surface area contributed by atoms with Gasteiger partial charge in [0.25, 0.3) is 0 Å². The fourth-order valence-electron chi connectivity index (χ4n) is 4.76. The third-order valence-electron chi connectivity index (χ3n) is 7.38. The van der Waals surface area contributed by atoms with E-state index in [4.69, 9.17) is 0 Å². The second-order valence-corrected chi connectivity index (χ2v) is 13.9. The summed E-state index contributed by atoms with van der Waals surface area (Å²) in [5.74, 6) is 1.52. The summed E-state index contributed by atoms with van der Waals surface area (Å²) in [5, 5.41) is 0. The molecular weight excluding hydrogens is 642 g/mol. The summed E-state index contributed by atoms with van der Waals surface area (Å²) in [7, 11) is 4.39. The van der Waals surface area contributed by atoms with Crippen LogP contribution in [0.4, 0.5) is 0 Å². The molecule has 0 rings (SSSR count). The zero-order valence-corrected chi connectivity index (χ0v) is 28.3. The van der Waals surface area contributed by atoms with Crippen LogP contribution >= 0.6 is 45.2 Å². The van der Waals surface area contributed by atoms with Gasteiger partial charge in [0, 0.05) is 7.85 Å². The van der Waals surface area contributed by atoms with Crippen LogP contribution in [0, 0.1) is 11.8 Å². The third-order valence-corrected chi connectivity index (χ3v) is 10.0. The Bertz CT molecular complexity index is 544. The Kier molecular flexibility index (Phi) is 22.5. The molecule has 0 spiro atoms. The predicted octanol–water partition coefficient (Wildman–Crippen LogP) is 9.56. The maximum Gasteiger partial charge on any atom is 0.0289 e. The van der Waals surface area contributed by atoms with Crippen molar-refractivity contribution < 1.29 is 0 Å². The maximum absolute atomic E-state index is 2.77. The van der Waals surface area contributed by atoms with E-state index in [0.29, 0.717) is 3.92 Å². The Labute approximate surface area is 242 Å². The number of rotatable bonds is 21. The first-order chi connectivity index (χ1) is 16.2. The second kappa shape index (κ2) is 21.9. The van der Waals surface area contributed by atoms with Crippen molar-refractivity contribution in [2.45, 2.75) is 114 Å². The molecule has 0 amide bonds. The standard InChI is InChI=1S/C30H58I2N2/c1-9-27(25(5)18-19-29(31)11-3)16-13-21-34(23-15-20-33(7)8)22-14-17-28(10-2)26(6)24-30(32)12-4/h18,24,27-30H,9-17,19-23H2,1-8H3/b25-18+,26-24+. The molecule has 0 heterocycles. The molecule has 0 radical (unpaired) electrons. The van der Waals surface area contributed by atoms with Crippen LogP contribution in [0.2, 0.25) is 0 Å². The van der Waals surface area contributed by atoms with Gasteiger partial charge >= 0.3 is 0 Å². The van der Waals surface area contributed by atoms with E-state index in [1.807, 2.05) is 0 Å². The summed E-state index contributed by atoms with van der Waals surface area (Å²) in [4.78, 5) is 5.09. The first kappa shape index (κ1) is 34.9. The van der Waals surface area contributed by atoms with E-state index in [1.165, 1.54) is 90.4 Å². The van der Waals surface area contributed by atoms with Gasteiger partial charge in [-0.25, -0.2) is 0 Å². The highest BCUT2D eigenvalue weighted by molar-refractivity contribution is 14.1. The molecule has 0 fully saturated rings. The molecule has 0 aliphatic rings. The van der Waals surface area contributed by atoms with Crippen LogP contribution in [0.3, 0.4) is 0 Å². The van der Waals surface area contributed by atoms with Gasteiger partial charge in [-0.2, -0.15) is 0 Å². The number of allylic oxidation sites excluding steroid dienone is 4. The van der Waals surface area contributed by atoms with Gasteiger partial charge in [0.15, 0.2) is 0 Å². The fourth-order valence-corrected chi connectivity index (χ4v) is 5.58. The van der Waals surface area contributed by atoms with Gasteiger partial charge in [-0.3, -0.25) is 0 Å². The van der Waals surface area contributed by atoms with Gasteiger partial charge in [-0.15, -0.1) is 0 Å². The number of hydrogen-bond donors (Lipinski definition) is 0. The molecule has 0 aliphatic carbocycles. The average molecular weight is 701 g/mol. The minimum absolute atomic E-state index is 0.683. The van der Waals surface area contributed by atoms with Crippen LogP contribution in [0.25, 0.3) is 0 Å². The molecule has 4 atom stereocenters. The molecule has 0 saturated carbocycles. The van der Waals surface area contributed by atoms with Crippen LogP contribution in [0.5, 0.6) is 0 Å². The zero-order valence-electron chi connectivity index (χ0n) is 24.0. The normalized spacial score (nSPS) is 16.8. The zero-order chi connectivity index (χ0) is 25.9. The van der Waals surface area contributed by atoms with Crippen molar-refractivity contribution in [3.05, 3.63) is 23.3 Å². The Morgan fingerprint density at radius 1 is 0.706 bits per heavy atom. The summed E-state index contributed by atoms with van der Waals surface area (Å²) >= 11 is 5.19. The highest BCUT2D eigenvalue weighted by Gasteiger charge is 2.14. The maximum atomic E-state index is 2.77. The Hall–Kier alpha value is 0.860. The fraction of sp³-hybridized carbons (Fsp3) is 0.867. The van der Waals surface area contributed by atoms with Crippen molar-refractivity contribution in [3.8, 4) is 0 Å². The molecule has 0 aliphatic heterocycles. The van der Waals surface area contributed by atoms with Gasteiger partial charge in [0.1, 0.15) is 0 Å². The summed E-state index contributed by atoms with van der Waals surface area (Å²) in [5.41, 5.74) is 3.25. The van der Waals surface area contributed by atoms with Crippen LogP contribution in [-0.4, -0.2) is 57.9 Å². The quantitative estimate of drug-likeness (QED) is 0.0669. The van der Waals surface area contributed by atoms with Crippen molar-refractivity contribution in [1.82, 2.24) is 9.80 Å². The first-order valence-corrected chi connectivity index (χ1v) is 16.7. The highest BCUT2D eigenvalue weighted by Crippen LogP contribution is 2.25. The van der Waals surface area contributed by atoms with Crippen LogP contribution < -0.4 is 0 Å². The van der Waals surface area contributed by atoms with E-state index >= 15 is 0 Å². The number of nitrogens with zero attached hydrogens (tertiary/aromatic N) is 2. The van der Waals surface area contributed by atoms with E-state index in [0.717, 1.165) is 15.8 Å². The largest absolute Gasteiger partial charge is 0.309 e. The molecule has 202 valence electrons. The molecule has 0 aromatic heterocycles. The van der Waals surface area contributed by atoms with Gasteiger partial charge in [-0.1, -0.05) is 96.2 Å². The van der Waals surface area contributed by atoms with Crippen molar-refractivity contribution in [2.24, 2.45) is 11.8 Å². The monoisotopic (exact) mass is 700 g/mol. The minimum Gasteiger partial charge on any atom is -0.309 e. The predicted molar refractivity (Wildman–Crippen MR) is 174 cm³/mol. The van der Waals surface area contributed by atoms with E-state index < -0.39 is 0 Å². The van der Waals surface area contributed by atoms with Gasteiger partial charge in [0.2, 0.25) is 0 Å². The molecule has 0 aromatic carbocycles. The average Bonchev–Trinajstić information content (AvgIpc) is 2.81. The molecule has 0 saturated heterocycles. The summed E-state index contributed by atoms with van der Waals surface area (Å²) in [6.45, 7) is 19.0. The highest BCUT2D eigenvalue weighted by atomic mass is 127. The number of hydrogen-bond acceptors (Lipinski definition) is 2. The van der Waals surface area contributed by atoms with E-state index in [-0.39, 0.29) is 0 Å². The minimum atomic E-state index is 0.683.